The standard InChI is InChI=1S/C22H18N4O4S/c23-31(28,29)18-10-7-16(8-11-18)21-12-9-17(30-21)15-24-25-22(27)19-5-1-2-6-20(19)26-13-3-4-14-26/h1-15H,(H,25,27)(H2,23,28,29)/b24-15-. The monoisotopic (exact) mass is 434 g/mol. The minimum atomic E-state index is -3.75. The van der Waals surface area contributed by atoms with Gasteiger partial charge < -0.3 is 8.98 Å². The molecule has 0 unspecified atom stereocenters. The summed E-state index contributed by atoms with van der Waals surface area (Å²) in [6.07, 6.45) is 5.10. The van der Waals surface area contributed by atoms with Gasteiger partial charge in [0.15, 0.2) is 0 Å². The second-order valence-electron chi connectivity index (χ2n) is 6.58. The minimum Gasteiger partial charge on any atom is -0.455 e. The number of furan rings is 1. The molecule has 2 aromatic carbocycles. The van der Waals surface area contributed by atoms with E-state index >= 15 is 0 Å². The van der Waals surface area contributed by atoms with Crippen LogP contribution < -0.4 is 10.6 Å². The van der Waals surface area contributed by atoms with Crippen LogP contribution in [0.2, 0.25) is 0 Å². The molecule has 0 fully saturated rings. The van der Waals surface area contributed by atoms with Gasteiger partial charge in [-0.1, -0.05) is 12.1 Å². The smallest absolute Gasteiger partial charge is 0.273 e. The summed E-state index contributed by atoms with van der Waals surface area (Å²) in [6.45, 7) is 0. The molecule has 2 aromatic heterocycles. The number of hydrogen-bond acceptors (Lipinski definition) is 5. The first-order chi connectivity index (χ1) is 14.9. The molecular weight excluding hydrogens is 416 g/mol. The summed E-state index contributed by atoms with van der Waals surface area (Å²) in [7, 11) is -3.75. The van der Waals surface area contributed by atoms with E-state index in [1.54, 1.807) is 36.4 Å². The highest BCUT2D eigenvalue weighted by Gasteiger charge is 2.12. The molecule has 0 bridgehead atoms. The molecule has 3 N–H and O–H groups in total. The molecular formula is C22H18N4O4S. The Morgan fingerprint density at radius 1 is 0.968 bits per heavy atom. The molecule has 0 atom stereocenters. The van der Waals surface area contributed by atoms with Gasteiger partial charge in [0.25, 0.3) is 5.91 Å². The largest absolute Gasteiger partial charge is 0.455 e. The summed E-state index contributed by atoms with van der Waals surface area (Å²) in [5, 5.41) is 9.07. The molecule has 0 saturated carbocycles. The van der Waals surface area contributed by atoms with Crippen molar-refractivity contribution in [2.75, 3.05) is 0 Å². The Hall–Kier alpha value is -3.95. The number of carbonyl (C=O) groups excluding carboxylic acids is 1. The Labute approximate surface area is 178 Å². The lowest BCUT2D eigenvalue weighted by atomic mass is 10.1. The lowest BCUT2D eigenvalue weighted by molar-refractivity contribution is 0.0955. The van der Waals surface area contributed by atoms with Gasteiger partial charge in [-0.05, 0) is 60.7 Å². The van der Waals surface area contributed by atoms with Gasteiger partial charge in [0.05, 0.1) is 22.4 Å². The van der Waals surface area contributed by atoms with Crippen molar-refractivity contribution in [3.05, 3.63) is 96.5 Å². The van der Waals surface area contributed by atoms with E-state index in [-0.39, 0.29) is 10.8 Å². The number of nitrogens with one attached hydrogen (secondary N) is 1. The lowest BCUT2D eigenvalue weighted by Crippen LogP contribution is -2.19. The van der Waals surface area contributed by atoms with E-state index < -0.39 is 10.0 Å². The van der Waals surface area contributed by atoms with Gasteiger partial charge in [-0.25, -0.2) is 19.0 Å². The second kappa shape index (κ2) is 8.42. The van der Waals surface area contributed by atoms with E-state index in [0.717, 1.165) is 5.69 Å². The van der Waals surface area contributed by atoms with Gasteiger partial charge in [-0.2, -0.15) is 5.10 Å². The van der Waals surface area contributed by atoms with E-state index in [9.17, 15) is 13.2 Å². The number of hydrogen-bond donors (Lipinski definition) is 2. The summed E-state index contributed by atoms with van der Waals surface area (Å²) in [5.41, 5.74) is 4.39. The number of primary sulfonamides is 1. The highest BCUT2D eigenvalue weighted by atomic mass is 32.2. The van der Waals surface area contributed by atoms with Crippen molar-refractivity contribution in [3.63, 3.8) is 0 Å². The van der Waals surface area contributed by atoms with Crippen molar-refractivity contribution < 1.29 is 17.6 Å². The summed E-state index contributed by atoms with van der Waals surface area (Å²) >= 11 is 0. The van der Waals surface area contributed by atoms with Crippen LogP contribution in [0.1, 0.15) is 16.1 Å². The fourth-order valence-corrected chi connectivity index (χ4v) is 3.50. The molecule has 4 aromatic rings. The summed E-state index contributed by atoms with van der Waals surface area (Å²) < 4.78 is 30.2. The molecule has 0 saturated heterocycles. The second-order valence-corrected chi connectivity index (χ2v) is 8.14. The van der Waals surface area contributed by atoms with Gasteiger partial charge in [0, 0.05) is 18.0 Å². The molecule has 0 aliphatic rings. The number of sulfonamides is 1. The Bertz CT molecular complexity index is 1340. The summed E-state index contributed by atoms with van der Waals surface area (Å²) in [6, 6.07) is 20.4. The average molecular weight is 434 g/mol. The van der Waals surface area contributed by atoms with Crippen molar-refractivity contribution in [1.82, 2.24) is 9.99 Å². The zero-order valence-electron chi connectivity index (χ0n) is 16.2. The van der Waals surface area contributed by atoms with Crippen LogP contribution in [0.15, 0.2) is 99.6 Å². The third-order valence-electron chi connectivity index (χ3n) is 4.48. The van der Waals surface area contributed by atoms with Crippen molar-refractivity contribution in [2.24, 2.45) is 10.2 Å². The zero-order chi connectivity index (χ0) is 21.8. The third kappa shape index (κ3) is 4.63. The van der Waals surface area contributed by atoms with Crippen molar-refractivity contribution in [3.8, 4) is 17.0 Å². The van der Waals surface area contributed by atoms with E-state index in [1.165, 1.54) is 18.3 Å². The Balaban J connectivity index is 1.45. The molecule has 1 amide bonds. The number of benzene rings is 2. The van der Waals surface area contributed by atoms with Gasteiger partial charge in [0.2, 0.25) is 10.0 Å². The average Bonchev–Trinajstić information content (AvgIpc) is 3.46. The van der Waals surface area contributed by atoms with Crippen LogP contribution in [0.3, 0.4) is 0 Å². The third-order valence-corrected chi connectivity index (χ3v) is 5.41. The van der Waals surface area contributed by atoms with Crippen LogP contribution in [-0.2, 0) is 10.0 Å². The predicted molar refractivity (Wildman–Crippen MR) is 116 cm³/mol. The summed E-state index contributed by atoms with van der Waals surface area (Å²) in [5.74, 6) is 0.585. The predicted octanol–water partition coefficient (Wildman–Crippen LogP) is 3.15. The number of nitrogens with two attached hydrogens (primary N) is 1. The van der Waals surface area contributed by atoms with Crippen LogP contribution in [0.5, 0.6) is 0 Å². The fourth-order valence-electron chi connectivity index (χ4n) is 2.99. The SMILES string of the molecule is NS(=O)(=O)c1ccc(-c2ccc(/C=N\NC(=O)c3ccccc3-n3cccc3)o2)cc1. The highest BCUT2D eigenvalue weighted by molar-refractivity contribution is 7.89. The van der Waals surface area contributed by atoms with Crippen molar-refractivity contribution >= 4 is 22.1 Å². The van der Waals surface area contributed by atoms with Crippen LogP contribution in [0.25, 0.3) is 17.0 Å². The van der Waals surface area contributed by atoms with Gasteiger partial charge in [0.1, 0.15) is 11.5 Å². The Morgan fingerprint density at radius 3 is 2.39 bits per heavy atom. The topological polar surface area (TPSA) is 120 Å². The van der Waals surface area contributed by atoms with E-state index in [4.69, 9.17) is 9.56 Å². The normalized spacial score (nSPS) is 11.6. The number of aromatic nitrogens is 1. The van der Waals surface area contributed by atoms with Crippen molar-refractivity contribution in [1.29, 1.82) is 0 Å². The van der Waals surface area contributed by atoms with Crippen LogP contribution >= 0.6 is 0 Å². The van der Waals surface area contributed by atoms with Crippen LogP contribution in [0, 0.1) is 0 Å². The van der Waals surface area contributed by atoms with Gasteiger partial charge in [-0.15, -0.1) is 0 Å². The number of nitrogens with zero attached hydrogens (tertiary/aromatic N) is 2. The lowest BCUT2D eigenvalue weighted by Gasteiger charge is -2.08. The Kier molecular flexibility index (Phi) is 5.52. The van der Waals surface area contributed by atoms with Crippen LogP contribution in [0.4, 0.5) is 0 Å². The molecule has 0 spiro atoms. The first-order valence-corrected chi connectivity index (χ1v) is 10.8. The van der Waals surface area contributed by atoms with Crippen LogP contribution in [-0.4, -0.2) is 25.1 Å². The maximum absolute atomic E-state index is 12.6. The van der Waals surface area contributed by atoms with Crippen molar-refractivity contribution in [2.45, 2.75) is 4.90 Å². The molecule has 31 heavy (non-hydrogen) atoms. The highest BCUT2D eigenvalue weighted by Crippen LogP contribution is 2.23. The molecule has 156 valence electrons. The number of amides is 1. The van der Waals surface area contributed by atoms with E-state index in [2.05, 4.69) is 10.5 Å². The molecule has 0 aliphatic heterocycles. The van der Waals surface area contributed by atoms with Gasteiger partial charge >= 0.3 is 0 Å². The quantitative estimate of drug-likeness (QED) is 0.358. The van der Waals surface area contributed by atoms with E-state index in [1.807, 2.05) is 41.2 Å². The molecule has 2 heterocycles. The maximum Gasteiger partial charge on any atom is 0.273 e. The van der Waals surface area contributed by atoms with Gasteiger partial charge in [-0.3, -0.25) is 4.79 Å². The zero-order valence-corrected chi connectivity index (χ0v) is 17.0. The first kappa shape index (κ1) is 20.3. The first-order valence-electron chi connectivity index (χ1n) is 9.21. The number of hydrazone groups is 1. The van der Waals surface area contributed by atoms with E-state index in [0.29, 0.717) is 22.6 Å². The number of carbonyl (C=O) groups is 1. The molecule has 8 nitrogen and oxygen atoms in total. The Morgan fingerprint density at radius 2 is 1.68 bits per heavy atom. The minimum absolute atomic E-state index is 0.0208. The molecule has 4 rings (SSSR count). The number of rotatable bonds is 6. The molecule has 0 aliphatic carbocycles. The maximum atomic E-state index is 12.6. The molecule has 9 heteroatoms. The fraction of sp³-hybridized carbons (Fsp3) is 0. The molecule has 0 radical (unpaired) electrons. The summed E-state index contributed by atoms with van der Waals surface area (Å²) in [4.78, 5) is 12.6. The number of para-hydroxylation sites is 1.